The molecule has 3 aliphatic rings. The van der Waals surface area contributed by atoms with E-state index in [0.717, 1.165) is 0 Å². The van der Waals surface area contributed by atoms with E-state index in [0.29, 0.717) is 66.1 Å². The summed E-state index contributed by atoms with van der Waals surface area (Å²) in [5, 5.41) is 15.2. The van der Waals surface area contributed by atoms with Crippen LogP contribution in [-0.2, 0) is 14.3 Å². The highest BCUT2D eigenvalue weighted by molar-refractivity contribution is 7.11. The summed E-state index contributed by atoms with van der Waals surface area (Å²) in [5.41, 5.74) is 2.64. The van der Waals surface area contributed by atoms with Gasteiger partial charge < -0.3 is 20.1 Å². The summed E-state index contributed by atoms with van der Waals surface area (Å²) in [4.78, 5) is 52.9. The highest BCUT2D eigenvalue weighted by Crippen LogP contribution is 2.37. The number of methoxy groups -OCH3 is 1. The molecule has 1 aromatic heterocycles. The third kappa shape index (κ3) is 6.02. The first-order valence-electron chi connectivity index (χ1n) is 14.3. The molecule has 0 bridgehead atoms. The number of carbonyl (C=O) groups excluding carboxylic acids is 2. The number of hydrogen-bond donors (Lipinski definition) is 2. The second kappa shape index (κ2) is 12.6. The van der Waals surface area contributed by atoms with Crippen LogP contribution in [0.3, 0.4) is 0 Å². The molecule has 11 nitrogen and oxygen atoms in total. The summed E-state index contributed by atoms with van der Waals surface area (Å²) < 4.78 is 19.2. The number of aliphatic carboxylic acids is 1. The van der Waals surface area contributed by atoms with Gasteiger partial charge in [0.05, 0.1) is 24.6 Å². The molecule has 0 radical (unpaired) electrons. The van der Waals surface area contributed by atoms with Crippen molar-refractivity contribution in [1.29, 1.82) is 0 Å². The fraction of sp³-hybridized carbons (Fsp3) is 0.323. The number of carboxylic acids is 1. The molecule has 2 N–H and O–H groups in total. The molecule has 0 spiro atoms. The number of hydrogen-bond acceptors (Lipinski definition) is 9. The Balaban J connectivity index is 1.26. The lowest BCUT2D eigenvalue weighted by atomic mass is 9.95. The van der Waals surface area contributed by atoms with Crippen molar-refractivity contribution >= 4 is 52.4 Å². The first kappa shape index (κ1) is 30.7. The molecule has 0 saturated carbocycles. The van der Waals surface area contributed by atoms with E-state index in [9.17, 15) is 23.9 Å². The van der Waals surface area contributed by atoms with E-state index in [1.54, 1.807) is 42.3 Å². The number of nitrogens with one attached hydrogen (secondary N) is 1. The van der Waals surface area contributed by atoms with Crippen LogP contribution < -0.4 is 10.2 Å². The van der Waals surface area contributed by atoms with Crippen LogP contribution in [0.15, 0.2) is 70.3 Å². The first-order valence-corrected chi connectivity index (χ1v) is 15.5. The highest BCUT2D eigenvalue weighted by atomic mass is 35.5. The van der Waals surface area contributed by atoms with Crippen LogP contribution in [0, 0.1) is 5.82 Å². The second-order valence-corrected chi connectivity index (χ2v) is 12.3. The molecule has 45 heavy (non-hydrogen) atoms. The molecule has 2 saturated heterocycles. The van der Waals surface area contributed by atoms with Gasteiger partial charge in [-0.2, -0.15) is 0 Å². The van der Waals surface area contributed by atoms with Crippen molar-refractivity contribution in [2.75, 3.05) is 44.7 Å². The van der Waals surface area contributed by atoms with Gasteiger partial charge in [-0.1, -0.05) is 29.8 Å². The first-order chi connectivity index (χ1) is 21.6. The molecular formula is C31H30ClFN6O5S. The minimum absolute atomic E-state index is 0.104. The zero-order valence-electron chi connectivity index (χ0n) is 24.4. The zero-order valence-corrected chi connectivity index (χ0v) is 26.0. The van der Waals surface area contributed by atoms with E-state index in [2.05, 4.69) is 15.2 Å². The third-order valence-electron chi connectivity index (χ3n) is 8.32. The molecule has 6 rings (SSSR count). The van der Waals surface area contributed by atoms with Crippen molar-refractivity contribution in [2.45, 2.75) is 24.9 Å². The normalized spacial score (nSPS) is 20.9. The molecule has 2 amide bonds. The van der Waals surface area contributed by atoms with Gasteiger partial charge in [-0.05, 0) is 36.8 Å². The lowest BCUT2D eigenvalue weighted by molar-refractivity contribution is -0.138. The number of carbonyl (C=O) groups is 3. The molecule has 14 heteroatoms. The van der Waals surface area contributed by atoms with Gasteiger partial charge in [0.15, 0.2) is 10.8 Å². The average molecular weight is 653 g/mol. The minimum atomic E-state index is -0.910. The monoisotopic (exact) mass is 652 g/mol. The summed E-state index contributed by atoms with van der Waals surface area (Å²) >= 11 is 7.85. The number of halogens is 2. The number of piperazine rings is 1. The van der Waals surface area contributed by atoms with Crippen molar-refractivity contribution in [2.24, 2.45) is 4.99 Å². The smallest absolute Gasteiger partial charge is 0.338 e. The third-order valence-corrected chi connectivity index (χ3v) is 9.42. The van der Waals surface area contributed by atoms with E-state index >= 15 is 0 Å². The van der Waals surface area contributed by atoms with Gasteiger partial charge in [-0.3, -0.25) is 19.6 Å². The standard InChI is InChI=1S/C31H30ClFN6O5S/c1-17(29(40)41)18-3-6-20(7-4-18)39-15-21-14-37(10-11-38(21)31(39)43)16-24-25(30(42)44-2)26(22-8-5-19(33)13-23(22)32)36-27(35-24)28-34-9-12-45-28/h3-9,12-13,17,21,26H,10-11,14-16H2,1-2H3,(H,35,36)(H,40,41)/t17?,21-,26-/m0/s1. The largest absolute Gasteiger partial charge is 0.481 e. The van der Waals surface area contributed by atoms with Crippen molar-refractivity contribution in [3.05, 3.63) is 92.3 Å². The number of aromatic nitrogens is 1. The zero-order chi connectivity index (χ0) is 31.8. The van der Waals surface area contributed by atoms with Crippen molar-refractivity contribution < 1.29 is 28.6 Å². The SMILES string of the molecule is COC(=O)C1=C(CN2CCN3C(=O)N(c4ccc(C(C)C(=O)O)cc4)C[C@@H]3C2)NC(c2nccs2)=N[C@H]1c1ccc(F)cc1Cl. The highest BCUT2D eigenvalue weighted by Gasteiger charge is 2.42. The topological polar surface area (TPSA) is 128 Å². The molecular weight excluding hydrogens is 623 g/mol. The maximum atomic E-state index is 14.0. The predicted octanol–water partition coefficient (Wildman–Crippen LogP) is 4.27. The van der Waals surface area contributed by atoms with Crippen molar-refractivity contribution in [3.8, 4) is 0 Å². The van der Waals surface area contributed by atoms with Crippen molar-refractivity contribution in [1.82, 2.24) is 20.1 Å². The number of rotatable bonds is 8. The molecule has 4 heterocycles. The Labute approximate surface area is 267 Å². The fourth-order valence-electron chi connectivity index (χ4n) is 5.91. The van der Waals surface area contributed by atoms with Crippen LogP contribution in [0.1, 0.15) is 35.0 Å². The van der Waals surface area contributed by atoms with E-state index in [1.165, 1.54) is 36.6 Å². The number of aliphatic imine (C=N–C) groups is 1. The van der Waals surface area contributed by atoms with Crippen LogP contribution in [0.25, 0.3) is 0 Å². The fourth-order valence-corrected chi connectivity index (χ4v) is 6.77. The number of fused-ring (bicyclic) bond motifs is 1. The Kier molecular flexibility index (Phi) is 8.58. The van der Waals surface area contributed by atoms with Gasteiger partial charge in [-0.25, -0.2) is 19.0 Å². The summed E-state index contributed by atoms with van der Waals surface area (Å²) in [5.74, 6) is -2.20. The van der Waals surface area contributed by atoms with E-state index in [4.69, 9.17) is 21.3 Å². The van der Waals surface area contributed by atoms with E-state index in [-0.39, 0.29) is 22.7 Å². The van der Waals surface area contributed by atoms with Crippen LogP contribution in [0.5, 0.6) is 0 Å². The molecule has 2 fully saturated rings. The number of amidine groups is 1. The lowest BCUT2D eigenvalue weighted by Gasteiger charge is -2.38. The number of nitrogens with zero attached hydrogens (tertiary/aromatic N) is 5. The summed E-state index contributed by atoms with van der Waals surface area (Å²) in [7, 11) is 1.29. The number of amides is 2. The summed E-state index contributed by atoms with van der Waals surface area (Å²) in [6, 6.07) is 9.95. The maximum Gasteiger partial charge on any atom is 0.338 e. The second-order valence-electron chi connectivity index (χ2n) is 11.0. The van der Waals surface area contributed by atoms with E-state index < -0.39 is 29.7 Å². The Hall–Kier alpha value is -4.33. The van der Waals surface area contributed by atoms with Gasteiger partial charge in [0, 0.05) is 66.3 Å². The van der Waals surface area contributed by atoms with Gasteiger partial charge in [-0.15, -0.1) is 11.3 Å². The number of urea groups is 1. The molecule has 3 atom stereocenters. The Bertz CT molecular complexity index is 1700. The van der Waals surface area contributed by atoms with Gasteiger partial charge in [0.1, 0.15) is 11.9 Å². The number of carboxylic acid groups (broad SMARTS) is 1. The van der Waals surface area contributed by atoms with Crippen molar-refractivity contribution in [3.63, 3.8) is 0 Å². The molecule has 0 aliphatic carbocycles. The van der Waals surface area contributed by atoms with Crippen LogP contribution in [-0.4, -0.2) is 89.6 Å². The number of benzene rings is 2. The van der Waals surface area contributed by atoms with Crippen LogP contribution in [0.2, 0.25) is 5.02 Å². The Morgan fingerprint density at radius 1 is 1.20 bits per heavy atom. The maximum absolute atomic E-state index is 14.0. The van der Waals surface area contributed by atoms with E-state index in [1.807, 2.05) is 10.3 Å². The number of esters is 1. The van der Waals surface area contributed by atoms with Gasteiger partial charge >= 0.3 is 18.0 Å². The Morgan fingerprint density at radius 2 is 1.98 bits per heavy atom. The van der Waals surface area contributed by atoms with Gasteiger partial charge in [0.2, 0.25) is 0 Å². The molecule has 1 unspecified atom stereocenters. The van der Waals surface area contributed by atoms with Gasteiger partial charge in [0.25, 0.3) is 0 Å². The summed E-state index contributed by atoms with van der Waals surface area (Å²) in [6.45, 7) is 3.98. The number of thiazole rings is 1. The Morgan fingerprint density at radius 3 is 2.64 bits per heavy atom. The predicted molar refractivity (Wildman–Crippen MR) is 167 cm³/mol. The number of anilines is 1. The minimum Gasteiger partial charge on any atom is -0.481 e. The van der Waals surface area contributed by atoms with Crippen LogP contribution in [0.4, 0.5) is 14.9 Å². The lowest BCUT2D eigenvalue weighted by Crippen LogP contribution is -2.53. The summed E-state index contributed by atoms with van der Waals surface area (Å²) in [6.07, 6.45) is 1.66. The molecule has 234 valence electrons. The van der Waals surface area contributed by atoms with Crippen LogP contribution >= 0.6 is 22.9 Å². The molecule has 3 aliphatic heterocycles. The molecule has 3 aromatic rings. The number of ether oxygens (including phenoxy) is 1. The quantitative estimate of drug-likeness (QED) is 0.346. The molecule has 2 aromatic carbocycles. The average Bonchev–Trinajstić information content (AvgIpc) is 3.68.